The van der Waals surface area contributed by atoms with Gasteiger partial charge in [0.25, 0.3) is 10.0 Å². The number of rotatable bonds is 8. The molecule has 0 bridgehead atoms. The number of benzene rings is 3. The monoisotopic (exact) mass is 619 g/mol. The largest absolute Gasteiger partial charge is 0.486 e. The zero-order valence-electron chi connectivity index (χ0n) is 22.4. The van der Waals surface area contributed by atoms with Gasteiger partial charge in [-0.2, -0.15) is 13.2 Å². The minimum absolute atomic E-state index is 0.110. The van der Waals surface area contributed by atoms with Gasteiger partial charge in [-0.3, -0.25) is 4.31 Å². The van der Waals surface area contributed by atoms with Gasteiger partial charge in [-0.15, -0.1) is 0 Å². The Hall–Kier alpha value is -3.83. The summed E-state index contributed by atoms with van der Waals surface area (Å²) in [4.78, 5) is 3.52. The van der Waals surface area contributed by atoms with Crippen LogP contribution < -0.4 is 9.04 Å². The second kappa shape index (κ2) is 11.8. The van der Waals surface area contributed by atoms with Gasteiger partial charge in [-0.05, 0) is 73.4 Å². The summed E-state index contributed by atoms with van der Waals surface area (Å²) in [7, 11) is -4.43. The third-order valence-electron chi connectivity index (χ3n) is 6.91. The summed E-state index contributed by atoms with van der Waals surface area (Å²) in [5, 5.41) is 0.220. The molecule has 0 N–H and O–H groups in total. The molecule has 0 saturated carbocycles. The lowest BCUT2D eigenvalue weighted by atomic mass is 10.0. The van der Waals surface area contributed by atoms with Crippen LogP contribution in [0.4, 0.5) is 23.2 Å². The Labute approximate surface area is 245 Å². The lowest BCUT2D eigenvalue weighted by Gasteiger charge is -2.36. The summed E-state index contributed by atoms with van der Waals surface area (Å²) >= 11 is 6.22. The highest BCUT2D eigenvalue weighted by atomic mass is 35.5. The predicted molar refractivity (Wildman–Crippen MR) is 153 cm³/mol. The van der Waals surface area contributed by atoms with Crippen LogP contribution in [0.25, 0.3) is 11.6 Å². The minimum atomic E-state index is -4.71. The SMILES string of the molecule is C/C(=C\c1ccc2c(c1)N(S(=O)(=O)c1cccc(C(F)(F)F)c1)C[C@H](CCCn1ccnc1)O2)c1c(F)cccc1Cl. The molecular formula is C30H26ClF4N3O3S. The molecule has 1 aromatic heterocycles. The van der Waals surface area contributed by atoms with Gasteiger partial charge in [-0.25, -0.2) is 17.8 Å². The van der Waals surface area contributed by atoms with Crippen molar-refractivity contribution in [3.63, 3.8) is 0 Å². The van der Waals surface area contributed by atoms with Crippen molar-refractivity contribution in [1.82, 2.24) is 9.55 Å². The first-order valence-corrected chi connectivity index (χ1v) is 14.8. The standard InChI is InChI=1S/C30H26ClF4N3O3S/c1-20(29-25(31)8-3-9-26(29)32)15-21-10-11-28-27(16-21)38(18-23(41-28)6-4-13-37-14-12-36-19-37)42(39,40)24-7-2-5-22(17-24)30(33,34)35/h2-3,5,7-12,14-17,19,23H,4,6,13,18H2,1H3/b20-15+/t23-/m0/s1. The number of ether oxygens (including phenoxy) is 1. The summed E-state index contributed by atoms with van der Waals surface area (Å²) in [6.07, 6.45) is 2.66. The van der Waals surface area contributed by atoms with E-state index in [2.05, 4.69) is 4.98 Å². The van der Waals surface area contributed by atoms with Crippen LogP contribution in [0.5, 0.6) is 5.75 Å². The third-order valence-corrected chi connectivity index (χ3v) is 9.00. The second-order valence-electron chi connectivity index (χ2n) is 9.90. The highest BCUT2D eigenvalue weighted by Gasteiger charge is 2.37. The van der Waals surface area contributed by atoms with Gasteiger partial charge in [0.1, 0.15) is 17.7 Å². The number of hydrogen-bond acceptors (Lipinski definition) is 4. The van der Waals surface area contributed by atoms with Gasteiger partial charge < -0.3 is 9.30 Å². The Kier molecular flexibility index (Phi) is 8.34. The molecule has 6 nitrogen and oxygen atoms in total. The van der Waals surface area contributed by atoms with Crippen LogP contribution in [0, 0.1) is 5.82 Å². The van der Waals surface area contributed by atoms with Crippen molar-refractivity contribution in [2.24, 2.45) is 0 Å². The normalized spacial score (nSPS) is 15.8. The molecule has 12 heteroatoms. The van der Waals surface area contributed by atoms with Crippen molar-refractivity contribution in [2.75, 3.05) is 10.8 Å². The summed E-state index contributed by atoms with van der Waals surface area (Å²) in [5.74, 6) is -0.243. The summed E-state index contributed by atoms with van der Waals surface area (Å²) < 4.78 is 91.8. The molecule has 0 aliphatic carbocycles. The lowest BCUT2D eigenvalue weighted by Crippen LogP contribution is -2.43. The van der Waals surface area contributed by atoms with E-state index in [0.717, 1.165) is 22.5 Å². The topological polar surface area (TPSA) is 64.4 Å². The average Bonchev–Trinajstić information content (AvgIpc) is 3.46. The highest BCUT2D eigenvalue weighted by molar-refractivity contribution is 7.92. The first kappa shape index (κ1) is 29.7. The zero-order chi connectivity index (χ0) is 30.1. The van der Waals surface area contributed by atoms with Crippen LogP contribution >= 0.6 is 11.6 Å². The van der Waals surface area contributed by atoms with Crippen molar-refractivity contribution in [3.8, 4) is 5.75 Å². The molecule has 0 spiro atoms. The number of halogens is 5. The van der Waals surface area contributed by atoms with Crippen molar-refractivity contribution in [2.45, 2.75) is 43.5 Å². The quantitative estimate of drug-likeness (QED) is 0.150. The van der Waals surface area contributed by atoms with Crippen molar-refractivity contribution in [3.05, 3.63) is 107 Å². The van der Waals surface area contributed by atoms with Gasteiger partial charge in [0, 0.05) is 24.5 Å². The molecule has 0 radical (unpaired) electrons. The molecule has 220 valence electrons. The molecule has 0 saturated heterocycles. The molecule has 0 unspecified atom stereocenters. The number of aromatic nitrogens is 2. The van der Waals surface area contributed by atoms with Crippen LogP contribution in [-0.2, 0) is 22.7 Å². The van der Waals surface area contributed by atoms with E-state index >= 15 is 0 Å². The fraction of sp³-hybridized carbons (Fsp3) is 0.233. The maximum absolute atomic E-state index is 14.5. The summed E-state index contributed by atoms with van der Waals surface area (Å²) in [6, 6.07) is 12.9. The van der Waals surface area contributed by atoms with E-state index in [9.17, 15) is 26.0 Å². The lowest BCUT2D eigenvalue weighted by molar-refractivity contribution is -0.137. The van der Waals surface area contributed by atoms with Gasteiger partial charge in [0.2, 0.25) is 0 Å². The summed E-state index contributed by atoms with van der Waals surface area (Å²) in [5.41, 5.74) is 0.332. The number of fused-ring (bicyclic) bond motifs is 1. The van der Waals surface area contributed by atoms with Gasteiger partial charge >= 0.3 is 6.18 Å². The zero-order valence-corrected chi connectivity index (χ0v) is 23.9. The molecule has 42 heavy (non-hydrogen) atoms. The van der Waals surface area contributed by atoms with Crippen molar-refractivity contribution in [1.29, 1.82) is 0 Å². The first-order chi connectivity index (χ1) is 19.9. The predicted octanol–water partition coefficient (Wildman–Crippen LogP) is 7.69. The first-order valence-electron chi connectivity index (χ1n) is 13.0. The molecule has 3 aromatic carbocycles. The minimum Gasteiger partial charge on any atom is -0.486 e. The molecular weight excluding hydrogens is 594 g/mol. The van der Waals surface area contributed by atoms with Crippen LogP contribution in [0.3, 0.4) is 0 Å². The highest BCUT2D eigenvalue weighted by Crippen LogP contribution is 2.40. The summed E-state index contributed by atoms with van der Waals surface area (Å²) in [6.45, 7) is 2.20. The van der Waals surface area contributed by atoms with Gasteiger partial charge in [-0.1, -0.05) is 35.9 Å². The Balaban J connectivity index is 1.52. The maximum atomic E-state index is 14.5. The number of nitrogens with zero attached hydrogens (tertiary/aromatic N) is 3. The molecule has 4 aromatic rings. The van der Waals surface area contributed by atoms with Crippen LogP contribution in [-0.4, -0.2) is 30.6 Å². The second-order valence-corrected chi connectivity index (χ2v) is 12.2. The van der Waals surface area contributed by atoms with Crippen LogP contribution in [0.15, 0.2) is 84.3 Å². The van der Waals surface area contributed by atoms with Gasteiger partial charge in [0.15, 0.2) is 0 Å². The van der Waals surface area contributed by atoms with E-state index in [1.165, 1.54) is 12.1 Å². The number of allylic oxidation sites excluding steroid dienone is 1. The number of aryl methyl sites for hydroxylation is 1. The van der Waals surface area contributed by atoms with Gasteiger partial charge in [0.05, 0.1) is 34.0 Å². The Morgan fingerprint density at radius 2 is 1.93 bits per heavy atom. The number of hydrogen-bond donors (Lipinski definition) is 0. The molecule has 5 rings (SSSR count). The Morgan fingerprint density at radius 3 is 2.64 bits per heavy atom. The molecule has 0 fully saturated rings. The Bertz CT molecular complexity index is 1700. The van der Waals surface area contributed by atoms with E-state index in [1.54, 1.807) is 49.8 Å². The number of alkyl halides is 3. The molecule has 1 atom stereocenters. The van der Waals surface area contributed by atoms with E-state index in [-0.39, 0.29) is 28.6 Å². The fourth-order valence-corrected chi connectivity index (χ4v) is 6.73. The van der Waals surface area contributed by atoms with E-state index in [1.807, 2.05) is 10.8 Å². The molecule has 1 aliphatic rings. The smallest absolute Gasteiger partial charge is 0.416 e. The molecule has 1 aliphatic heterocycles. The van der Waals surface area contributed by atoms with E-state index < -0.39 is 38.6 Å². The van der Waals surface area contributed by atoms with Crippen LogP contribution in [0.2, 0.25) is 5.02 Å². The van der Waals surface area contributed by atoms with Crippen molar-refractivity contribution < 1.29 is 30.7 Å². The molecule has 2 heterocycles. The van der Waals surface area contributed by atoms with E-state index in [4.69, 9.17) is 16.3 Å². The molecule has 0 amide bonds. The average molecular weight is 620 g/mol. The Morgan fingerprint density at radius 1 is 1.14 bits per heavy atom. The van der Waals surface area contributed by atoms with E-state index in [0.29, 0.717) is 36.6 Å². The van der Waals surface area contributed by atoms with Crippen LogP contribution in [0.1, 0.15) is 36.5 Å². The fourth-order valence-electron chi connectivity index (χ4n) is 4.87. The number of sulfonamides is 1. The number of imidazole rings is 1. The third kappa shape index (κ3) is 6.32. The number of anilines is 1. The van der Waals surface area contributed by atoms with Crippen molar-refractivity contribution >= 4 is 39.0 Å². The maximum Gasteiger partial charge on any atom is 0.416 e.